The molecule has 0 unspecified atom stereocenters. The third kappa shape index (κ3) is 3.12. The molecule has 3 heteroatoms. The molecule has 0 aliphatic rings. The van der Waals surface area contributed by atoms with Crippen molar-refractivity contribution < 1.29 is 4.39 Å². The van der Waals surface area contributed by atoms with Gasteiger partial charge in [0.2, 0.25) is 0 Å². The van der Waals surface area contributed by atoms with Gasteiger partial charge in [-0.2, -0.15) is 0 Å². The van der Waals surface area contributed by atoms with E-state index in [2.05, 4.69) is 4.90 Å². The van der Waals surface area contributed by atoms with Crippen LogP contribution < -0.4 is 10.6 Å². The van der Waals surface area contributed by atoms with Crippen LogP contribution in [0.15, 0.2) is 48.5 Å². The minimum atomic E-state index is -0.219. The third-order valence-electron chi connectivity index (χ3n) is 3.17. The predicted molar refractivity (Wildman–Crippen MR) is 78.1 cm³/mol. The molecule has 0 saturated heterocycles. The average Bonchev–Trinajstić information content (AvgIpc) is 2.40. The van der Waals surface area contributed by atoms with Gasteiger partial charge < -0.3 is 10.6 Å². The Labute approximate surface area is 113 Å². The molecule has 0 aliphatic carbocycles. The second-order valence-electron chi connectivity index (χ2n) is 4.60. The molecule has 2 nitrogen and oxygen atoms in total. The van der Waals surface area contributed by atoms with Gasteiger partial charge in [-0.05, 0) is 49.7 Å². The summed E-state index contributed by atoms with van der Waals surface area (Å²) in [5.74, 6) is -0.219. The van der Waals surface area contributed by atoms with Crippen molar-refractivity contribution in [3.05, 3.63) is 59.9 Å². The molecule has 2 rings (SSSR count). The molecule has 0 amide bonds. The van der Waals surface area contributed by atoms with Gasteiger partial charge in [0, 0.05) is 24.0 Å². The highest BCUT2D eigenvalue weighted by molar-refractivity contribution is 5.63. The van der Waals surface area contributed by atoms with E-state index in [1.807, 2.05) is 44.2 Å². The molecule has 2 aromatic carbocycles. The number of halogens is 1. The van der Waals surface area contributed by atoms with Crippen LogP contribution >= 0.6 is 0 Å². The highest BCUT2D eigenvalue weighted by Crippen LogP contribution is 2.26. The molecular weight excluding hydrogens is 239 g/mol. The number of anilines is 2. The molecule has 0 spiro atoms. The van der Waals surface area contributed by atoms with Crippen LogP contribution in [-0.2, 0) is 0 Å². The molecule has 19 heavy (non-hydrogen) atoms. The van der Waals surface area contributed by atoms with E-state index >= 15 is 0 Å². The van der Waals surface area contributed by atoms with Crippen LogP contribution in [0.5, 0.6) is 0 Å². The van der Waals surface area contributed by atoms with Crippen molar-refractivity contribution in [3.63, 3.8) is 0 Å². The summed E-state index contributed by atoms with van der Waals surface area (Å²) in [5, 5.41) is 0. The largest absolute Gasteiger partial charge is 0.342 e. The molecule has 0 heterocycles. The summed E-state index contributed by atoms with van der Waals surface area (Å²) >= 11 is 0. The SMILES string of the molecule is CCN(c1ccc([C@H](C)N)cc1)c1cccc(F)c1. The first-order valence-corrected chi connectivity index (χ1v) is 6.50. The Morgan fingerprint density at radius 1 is 1.11 bits per heavy atom. The highest BCUT2D eigenvalue weighted by Gasteiger charge is 2.08. The first-order valence-electron chi connectivity index (χ1n) is 6.50. The number of hydrogen-bond donors (Lipinski definition) is 1. The van der Waals surface area contributed by atoms with E-state index in [0.717, 1.165) is 23.5 Å². The maximum absolute atomic E-state index is 13.3. The zero-order valence-corrected chi connectivity index (χ0v) is 11.3. The summed E-state index contributed by atoms with van der Waals surface area (Å²) < 4.78 is 13.3. The van der Waals surface area contributed by atoms with Crippen LogP contribution in [0.1, 0.15) is 25.5 Å². The average molecular weight is 258 g/mol. The Bertz CT molecular complexity index is 535. The smallest absolute Gasteiger partial charge is 0.125 e. The van der Waals surface area contributed by atoms with Gasteiger partial charge in [0.15, 0.2) is 0 Å². The van der Waals surface area contributed by atoms with Crippen LogP contribution in [0, 0.1) is 5.82 Å². The predicted octanol–water partition coefficient (Wildman–Crippen LogP) is 4.00. The number of benzene rings is 2. The second-order valence-corrected chi connectivity index (χ2v) is 4.60. The maximum atomic E-state index is 13.3. The molecule has 2 aromatic rings. The van der Waals surface area contributed by atoms with Crippen molar-refractivity contribution in [1.82, 2.24) is 0 Å². The normalized spacial score (nSPS) is 12.2. The van der Waals surface area contributed by atoms with E-state index < -0.39 is 0 Å². The maximum Gasteiger partial charge on any atom is 0.125 e. The van der Waals surface area contributed by atoms with Crippen LogP contribution in [0.2, 0.25) is 0 Å². The van der Waals surface area contributed by atoms with Crippen molar-refractivity contribution in [2.75, 3.05) is 11.4 Å². The van der Waals surface area contributed by atoms with Gasteiger partial charge in [-0.1, -0.05) is 18.2 Å². The van der Waals surface area contributed by atoms with E-state index in [4.69, 9.17) is 5.73 Å². The summed E-state index contributed by atoms with van der Waals surface area (Å²) in [6.45, 7) is 4.78. The first-order chi connectivity index (χ1) is 9.11. The van der Waals surface area contributed by atoms with Crippen molar-refractivity contribution in [3.8, 4) is 0 Å². The van der Waals surface area contributed by atoms with Crippen molar-refractivity contribution in [1.29, 1.82) is 0 Å². The summed E-state index contributed by atoms with van der Waals surface area (Å²) in [6, 6.07) is 14.7. The molecule has 100 valence electrons. The zero-order chi connectivity index (χ0) is 13.8. The van der Waals surface area contributed by atoms with E-state index in [1.54, 1.807) is 12.1 Å². The van der Waals surface area contributed by atoms with Gasteiger partial charge in [-0.15, -0.1) is 0 Å². The van der Waals surface area contributed by atoms with Gasteiger partial charge in [0.25, 0.3) is 0 Å². The number of nitrogens with two attached hydrogens (primary N) is 1. The standard InChI is InChI=1S/C16H19FN2/c1-3-19(16-6-4-5-14(17)11-16)15-9-7-13(8-10-15)12(2)18/h4-12H,3,18H2,1-2H3/t12-/m0/s1. The van der Waals surface area contributed by atoms with Gasteiger partial charge in [0.1, 0.15) is 5.82 Å². The lowest BCUT2D eigenvalue weighted by molar-refractivity contribution is 0.627. The molecule has 0 aromatic heterocycles. The quantitative estimate of drug-likeness (QED) is 0.898. The third-order valence-corrected chi connectivity index (χ3v) is 3.17. The Morgan fingerprint density at radius 2 is 1.79 bits per heavy atom. The van der Waals surface area contributed by atoms with Crippen molar-refractivity contribution in [2.24, 2.45) is 5.73 Å². The van der Waals surface area contributed by atoms with Crippen LogP contribution in [0.4, 0.5) is 15.8 Å². The Balaban J connectivity index is 2.31. The van der Waals surface area contributed by atoms with Gasteiger partial charge in [0.05, 0.1) is 0 Å². The van der Waals surface area contributed by atoms with Crippen molar-refractivity contribution in [2.45, 2.75) is 19.9 Å². The summed E-state index contributed by atoms with van der Waals surface area (Å²) in [4.78, 5) is 2.06. The monoisotopic (exact) mass is 258 g/mol. The summed E-state index contributed by atoms with van der Waals surface area (Å²) in [5.41, 5.74) is 8.83. The number of rotatable bonds is 4. The van der Waals surface area contributed by atoms with Gasteiger partial charge in [-0.25, -0.2) is 4.39 Å². The Morgan fingerprint density at radius 3 is 2.32 bits per heavy atom. The molecule has 2 N–H and O–H groups in total. The fraction of sp³-hybridized carbons (Fsp3) is 0.250. The zero-order valence-electron chi connectivity index (χ0n) is 11.3. The lowest BCUT2D eigenvalue weighted by Crippen LogP contribution is -2.16. The van der Waals surface area contributed by atoms with E-state index in [1.165, 1.54) is 6.07 Å². The van der Waals surface area contributed by atoms with Crippen LogP contribution in [-0.4, -0.2) is 6.54 Å². The number of nitrogens with zero attached hydrogens (tertiary/aromatic N) is 1. The lowest BCUT2D eigenvalue weighted by atomic mass is 10.1. The fourth-order valence-corrected chi connectivity index (χ4v) is 2.12. The van der Waals surface area contributed by atoms with Crippen LogP contribution in [0.3, 0.4) is 0 Å². The van der Waals surface area contributed by atoms with E-state index in [9.17, 15) is 4.39 Å². The van der Waals surface area contributed by atoms with Gasteiger partial charge in [-0.3, -0.25) is 0 Å². The molecule has 0 saturated carbocycles. The lowest BCUT2D eigenvalue weighted by Gasteiger charge is -2.23. The molecule has 0 fully saturated rings. The van der Waals surface area contributed by atoms with E-state index in [0.29, 0.717) is 0 Å². The van der Waals surface area contributed by atoms with E-state index in [-0.39, 0.29) is 11.9 Å². The second kappa shape index (κ2) is 5.85. The Kier molecular flexibility index (Phi) is 4.17. The molecule has 1 atom stereocenters. The highest BCUT2D eigenvalue weighted by atomic mass is 19.1. The topological polar surface area (TPSA) is 29.3 Å². The fourth-order valence-electron chi connectivity index (χ4n) is 2.12. The first kappa shape index (κ1) is 13.6. The minimum absolute atomic E-state index is 0.0262. The Hall–Kier alpha value is -1.87. The summed E-state index contributed by atoms with van der Waals surface area (Å²) in [6.07, 6.45) is 0. The number of hydrogen-bond acceptors (Lipinski definition) is 2. The minimum Gasteiger partial charge on any atom is -0.342 e. The molecular formula is C16H19FN2. The molecule has 0 aliphatic heterocycles. The molecule has 0 bridgehead atoms. The summed E-state index contributed by atoms with van der Waals surface area (Å²) in [7, 11) is 0. The van der Waals surface area contributed by atoms with Crippen molar-refractivity contribution >= 4 is 11.4 Å². The van der Waals surface area contributed by atoms with Gasteiger partial charge >= 0.3 is 0 Å². The van der Waals surface area contributed by atoms with Crippen LogP contribution in [0.25, 0.3) is 0 Å². The molecule has 0 radical (unpaired) electrons.